The normalized spacial score (nSPS) is 13.8. The van der Waals surface area contributed by atoms with Gasteiger partial charge in [0.2, 0.25) is 0 Å². The summed E-state index contributed by atoms with van der Waals surface area (Å²) in [5.41, 5.74) is 2.18. The first kappa shape index (κ1) is 47.4. The molecule has 4 atom stereocenters. The van der Waals surface area contributed by atoms with Crippen molar-refractivity contribution in [3.63, 3.8) is 0 Å². The number of unbranched alkanes of at least 4 members (excludes halogenated alkanes) is 11. The summed E-state index contributed by atoms with van der Waals surface area (Å²) in [6, 6.07) is 25.7. The number of rotatable bonds is 30. The van der Waals surface area contributed by atoms with Crippen molar-refractivity contribution in [3.8, 4) is 0 Å². The zero-order valence-electron chi connectivity index (χ0n) is 34.1. The molecule has 3 rings (SSSR count). The lowest BCUT2D eigenvalue weighted by Gasteiger charge is -2.27. The molecule has 3 aromatic carbocycles. The van der Waals surface area contributed by atoms with Crippen LogP contribution in [0.1, 0.15) is 121 Å². The molecule has 1 amide bonds. The Morgan fingerprint density at radius 3 is 1.56 bits per heavy atom. The van der Waals surface area contributed by atoms with Crippen molar-refractivity contribution in [3.05, 3.63) is 108 Å². The third kappa shape index (κ3) is 20.8. The molecule has 0 saturated heterocycles. The molecule has 0 radical (unpaired) electrons. The molecular formula is C45H64NO10P. The molecule has 0 heterocycles. The highest BCUT2D eigenvalue weighted by Gasteiger charge is 2.38. The van der Waals surface area contributed by atoms with Crippen LogP contribution in [-0.4, -0.2) is 43.4 Å². The molecule has 1 N–H and O–H groups in total. The fourth-order valence-electron chi connectivity index (χ4n) is 5.89. The van der Waals surface area contributed by atoms with Gasteiger partial charge in [-0.05, 0) is 36.5 Å². The fraction of sp³-hybridized carbons (Fsp3) is 0.533. The summed E-state index contributed by atoms with van der Waals surface area (Å²) in [7, 11) is -4.41. The van der Waals surface area contributed by atoms with Crippen LogP contribution in [0.4, 0.5) is 4.79 Å². The highest BCUT2D eigenvalue weighted by Crippen LogP contribution is 2.52. The topological polar surface area (TPSA) is 136 Å². The van der Waals surface area contributed by atoms with Crippen molar-refractivity contribution in [2.75, 3.05) is 13.2 Å². The molecule has 2 unspecified atom stereocenters. The summed E-state index contributed by atoms with van der Waals surface area (Å²) in [6.07, 6.45) is 12.7. The molecule has 11 nitrogen and oxygen atoms in total. The lowest BCUT2D eigenvalue weighted by Crippen LogP contribution is -2.49. The smallest absolute Gasteiger partial charge is 0.465 e. The maximum absolute atomic E-state index is 14.2. The minimum Gasteiger partial charge on any atom is -0.465 e. The summed E-state index contributed by atoms with van der Waals surface area (Å²) in [5, 5.41) is 2.51. The lowest BCUT2D eigenvalue weighted by atomic mass is 10.1. The number of nitrogens with one attached hydrogen (secondary N) is 1. The number of carbonyl (C=O) groups excluding carboxylic acids is 3. The van der Waals surface area contributed by atoms with E-state index in [0.29, 0.717) is 12.2 Å². The van der Waals surface area contributed by atoms with E-state index in [1.54, 1.807) is 43.3 Å². The SMILES string of the molecule is CCCCCCCCCCCCCCOC(=O)C(C)CCOP(=O)(OCc1ccccc1)O[C@H](C)[C@H](NC(=O)OCc1ccccc1)C(=O)OCc1ccccc1. The maximum atomic E-state index is 14.2. The number of phosphoric ester groups is 1. The molecule has 0 fully saturated rings. The summed E-state index contributed by atoms with van der Waals surface area (Å²) >= 11 is 0. The Morgan fingerprint density at radius 2 is 1.04 bits per heavy atom. The Kier molecular flexibility index (Phi) is 23.6. The number of benzene rings is 3. The molecule has 0 aliphatic heterocycles. The average molecular weight is 810 g/mol. The quantitative estimate of drug-likeness (QED) is 0.0300. The molecule has 0 aliphatic carbocycles. The second-order valence-electron chi connectivity index (χ2n) is 14.4. The first-order valence-corrected chi connectivity index (χ1v) is 22.1. The first-order chi connectivity index (χ1) is 27.7. The van der Waals surface area contributed by atoms with Gasteiger partial charge in [0.15, 0.2) is 6.04 Å². The number of hydrogen-bond donors (Lipinski definition) is 1. The van der Waals surface area contributed by atoms with Gasteiger partial charge < -0.3 is 19.5 Å². The lowest BCUT2D eigenvalue weighted by molar-refractivity contribution is -0.150. The van der Waals surface area contributed by atoms with Crippen LogP contribution in [0.3, 0.4) is 0 Å². The molecule has 0 bridgehead atoms. The number of phosphoric acid groups is 1. The Bertz CT molecular complexity index is 1580. The van der Waals surface area contributed by atoms with Gasteiger partial charge in [-0.1, -0.05) is 175 Å². The van der Waals surface area contributed by atoms with Crippen molar-refractivity contribution in [1.29, 1.82) is 0 Å². The van der Waals surface area contributed by atoms with E-state index in [2.05, 4.69) is 12.2 Å². The third-order valence-corrected chi connectivity index (χ3v) is 10.9. The maximum Gasteiger partial charge on any atom is 0.475 e. The van der Waals surface area contributed by atoms with Gasteiger partial charge in [0.05, 0.1) is 31.8 Å². The van der Waals surface area contributed by atoms with Crippen LogP contribution in [-0.2, 0) is 61.8 Å². The van der Waals surface area contributed by atoms with Crippen molar-refractivity contribution >= 4 is 25.9 Å². The zero-order chi connectivity index (χ0) is 41.0. The van der Waals surface area contributed by atoms with Gasteiger partial charge in [-0.3, -0.25) is 18.4 Å². The van der Waals surface area contributed by atoms with E-state index in [1.807, 2.05) is 54.6 Å². The Labute approximate surface area is 340 Å². The molecule has 3 aromatic rings. The number of carbonyl (C=O) groups is 3. The van der Waals surface area contributed by atoms with Gasteiger partial charge >= 0.3 is 25.9 Å². The number of hydrogen-bond acceptors (Lipinski definition) is 10. The van der Waals surface area contributed by atoms with Crippen molar-refractivity contribution in [2.45, 2.75) is 136 Å². The van der Waals surface area contributed by atoms with Crippen molar-refractivity contribution in [1.82, 2.24) is 5.32 Å². The average Bonchev–Trinajstić information content (AvgIpc) is 3.23. The van der Waals surface area contributed by atoms with Crippen LogP contribution in [0.15, 0.2) is 91.0 Å². The zero-order valence-corrected chi connectivity index (χ0v) is 35.0. The van der Waals surface area contributed by atoms with Crippen LogP contribution < -0.4 is 5.32 Å². The van der Waals surface area contributed by atoms with Gasteiger partial charge in [0.1, 0.15) is 13.2 Å². The molecule has 314 valence electrons. The highest BCUT2D eigenvalue weighted by molar-refractivity contribution is 7.48. The van der Waals surface area contributed by atoms with Crippen molar-refractivity contribution < 1.29 is 46.7 Å². The fourth-order valence-corrected chi connectivity index (χ4v) is 7.25. The van der Waals surface area contributed by atoms with Gasteiger partial charge in [0, 0.05) is 0 Å². The predicted octanol–water partition coefficient (Wildman–Crippen LogP) is 11.0. The third-order valence-electron chi connectivity index (χ3n) is 9.41. The molecule has 0 saturated carbocycles. The summed E-state index contributed by atoms with van der Waals surface area (Å²) in [6.45, 7) is 5.35. The molecule has 12 heteroatoms. The minimum absolute atomic E-state index is 0.0462. The van der Waals surface area contributed by atoms with Crippen LogP contribution in [0.2, 0.25) is 0 Å². The van der Waals surface area contributed by atoms with E-state index in [1.165, 1.54) is 64.7 Å². The van der Waals surface area contributed by atoms with Crippen LogP contribution >= 0.6 is 7.82 Å². The van der Waals surface area contributed by atoms with Crippen LogP contribution in [0, 0.1) is 5.92 Å². The minimum atomic E-state index is -4.41. The number of ether oxygens (including phenoxy) is 3. The Morgan fingerprint density at radius 1 is 0.561 bits per heavy atom. The molecule has 0 aromatic heterocycles. The Hall–Kier alpha value is -4.02. The highest BCUT2D eigenvalue weighted by atomic mass is 31.2. The molecule has 57 heavy (non-hydrogen) atoms. The van der Waals surface area contributed by atoms with E-state index < -0.39 is 37.9 Å². The van der Waals surface area contributed by atoms with E-state index >= 15 is 0 Å². The molecule has 0 spiro atoms. The van der Waals surface area contributed by atoms with Crippen LogP contribution in [0.5, 0.6) is 0 Å². The number of alkyl carbamates (subject to hydrolysis) is 1. The second kappa shape index (κ2) is 28.4. The van der Waals surface area contributed by atoms with E-state index in [-0.39, 0.29) is 38.8 Å². The second-order valence-corrected chi connectivity index (χ2v) is 16.0. The summed E-state index contributed by atoms with van der Waals surface area (Å²) < 4.78 is 48.0. The predicted molar refractivity (Wildman–Crippen MR) is 221 cm³/mol. The van der Waals surface area contributed by atoms with Gasteiger partial charge in [-0.25, -0.2) is 14.2 Å². The van der Waals surface area contributed by atoms with E-state index in [9.17, 15) is 18.9 Å². The van der Waals surface area contributed by atoms with Crippen molar-refractivity contribution in [2.24, 2.45) is 5.92 Å². The van der Waals surface area contributed by atoms with Gasteiger partial charge in [0.25, 0.3) is 0 Å². The Balaban J connectivity index is 1.53. The molecule has 0 aliphatic rings. The number of amides is 1. The van der Waals surface area contributed by atoms with Gasteiger partial charge in [-0.2, -0.15) is 0 Å². The molecular weight excluding hydrogens is 745 g/mol. The first-order valence-electron chi connectivity index (χ1n) is 20.6. The van der Waals surface area contributed by atoms with Gasteiger partial charge in [-0.15, -0.1) is 0 Å². The largest absolute Gasteiger partial charge is 0.475 e. The van der Waals surface area contributed by atoms with E-state index in [0.717, 1.165) is 30.4 Å². The monoisotopic (exact) mass is 809 g/mol. The summed E-state index contributed by atoms with van der Waals surface area (Å²) in [4.78, 5) is 39.1. The number of esters is 2. The van der Waals surface area contributed by atoms with E-state index in [4.69, 9.17) is 27.8 Å². The standard InChI is InChI=1S/C45H64NO10P/c1-4-5-6-7-8-9-10-11-12-13-14-24-32-51-43(47)37(2)31-33-54-57(50,55-36-41-29-22-17-23-30-41)56-38(3)42(44(48)52-34-39-25-18-15-19-26-39)46-45(49)53-35-40-27-20-16-21-28-40/h15-23,25-30,37-38,42H,4-14,24,31-36H2,1-3H3,(H,46,49)/t37?,38-,42+,57?/m1/s1. The summed E-state index contributed by atoms with van der Waals surface area (Å²) in [5.74, 6) is -1.75. The van der Waals surface area contributed by atoms with Crippen LogP contribution in [0.25, 0.3) is 0 Å².